The molecule has 8 nitrogen and oxygen atoms in total. The van der Waals surface area contributed by atoms with Gasteiger partial charge in [0.05, 0.1) is 14.2 Å². The van der Waals surface area contributed by atoms with E-state index in [9.17, 15) is 0 Å². The lowest BCUT2D eigenvalue weighted by molar-refractivity contribution is 0.356. The Labute approximate surface area is 78.6 Å². The molecule has 0 radical (unpaired) electrons. The molecule has 2 rings (SSSR count). The molecule has 0 unspecified atom stereocenters. The fraction of sp³-hybridized carbons (Fsp3) is 0.333. The van der Waals surface area contributed by atoms with Gasteiger partial charge in [-0.3, -0.25) is 0 Å². The molecule has 2 N–H and O–H groups in total. The molecule has 0 atom stereocenters. The summed E-state index contributed by atoms with van der Waals surface area (Å²) in [7, 11) is 2.92. The van der Waals surface area contributed by atoms with Crippen molar-refractivity contribution in [2.45, 2.75) is 0 Å². The van der Waals surface area contributed by atoms with Gasteiger partial charge < -0.3 is 15.3 Å². The van der Waals surface area contributed by atoms with E-state index in [1.54, 1.807) is 0 Å². The first kappa shape index (κ1) is 8.48. The fourth-order valence-electron chi connectivity index (χ4n) is 1.02. The van der Waals surface area contributed by atoms with Crippen molar-refractivity contribution in [3.05, 3.63) is 0 Å². The van der Waals surface area contributed by atoms with Gasteiger partial charge in [-0.25, -0.2) is 0 Å². The zero-order chi connectivity index (χ0) is 10.1. The predicted octanol–water partition coefficient (Wildman–Crippen LogP) is -1.05. The molecule has 0 aliphatic carbocycles. The lowest BCUT2D eigenvalue weighted by Gasteiger charge is -2.00. The molecule has 2 heterocycles. The van der Waals surface area contributed by atoms with Crippen LogP contribution in [0.25, 0.3) is 11.2 Å². The van der Waals surface area contributed by atoms with E-state index in [0.717, 1.165) is 4.91 Å². The van der Waals surface area contributed by atoms with Crippen molar-refractivity contribution >= 4 is 11.2 Å². The molecule has 0 saturated carbocycles. The topological polar surface area (TPSA) is 101 Å². The van der Waals surface area contributed by atoms with E-state index >= 15 is 0 Å². The number of nitrogens with two attached hydrogens (primary N) is 1. The summed E-state index contributed by atoms with van der Waals surface area (Å²) in [5.41, 5.74) is 0.729. The zero-order valence-corrected chi connectivity index (χ0v) is 7.63. The van der Waals surface area contributed by atoms with Crippen LogP contribution >= 0.6 is 0 Å². The summed E-state index contributed by atoms with van der Waals surface area (Å²) in [6, 6.07) is 0.162. The maximum atomic E-state index is 5.34. The van der Waals surface area contributed by atoms with Crippen LogP contribution in [-0.2, 0) is 0 Å². The molecule has 0 aliphatic rings. The van der Waals surface area contributed by atoms with Crippen LogP contribution in [0.2, 0.25) is 0 Å². The number of aromatic nitrogens is 5. The minimum absolute atomic E-state index is 0.162. The number of methoxy groups -OCH3 is 2. The Hall–Kier alpha value is -2.12. The lowest BCUT2D eigenvalue weighted by Crippen LogP contribution is -2.11. The van der Waals surface area contributed by atoms with Crippen LogP contribution < -0.4 is 15.3 Å². The standard InChI is InChI=1S/C6H8N6O2/c1-13-5-3-4(11-12(7)10-3)8-6(9-5)14-2/h7H2,1-2H3. The number of ether oxygens (including phenoxy) is 2. The minimum Gasteiger partial charge on any atom is -0.479 e. The van der Waals surface area contributed by atoms with Crippen LogP contribution in [0, 0.1) is 0 Å². The number of nitrogen functional groups attached to an aromatic ring is 1. The Morgan fingerprint density at radius 1 is 1.14 bits per heavy atom. The summed E-state index contributed by atoms with van der Waals surface area (Å²) in [6.45, 7) is 0. The first-order chi connectivity index (χ1) is 6.74. The number of nitrogens with zero attached hydrogens (tertiary/aromatic N) is 5. The van der Waals surface area contributed by atoms with Gasteiger partial charge in [0.1, 0.15) is 0 Å². The molecule has 0 aliphatic heterocycles. The van der Waals surface area contributed by atoms with Gasteiger partial charge in [-0.15, -0.1) is 10.2 Å². The van der Waals surface area contributed by atoms with Gasteiger partial charge in [0.25, 0.3) is 0 Å². The Morgan fingerprint density at radius 2 is 1.93 bits per heavy atom. The van der Waals surface area contributed by atoms with E-state index in [0.29, 0.717) is 11.2 Å². The van der Waals surface area contributed by atoms with Crippen LogP contribution in [-0.4, -0.2) is 39.3 Å². The highest BCUT2D eigenvalue weighted by atomic mass is 16.5. The molecule has 0 saturated heterocycles. The summed E-state index contributed by atoms with van der Waals surface area (Å²) in [4.78, 5) is 8.76. The van der Waals surface area contributed by atoms with Crippen molar-refractivity contribution in [1.82, 2.24) is 25.1 Å². The highest BCUT2D eigenvalue weighted by Gasteiger charge is 2.13. The molecule has 0 bridgehead atoms. The molecule has 0 amide bonds. The van der Waals surface area contributed by atoms with E-state index in [2.05, 4.69) is 20.2 Å². The zero-order valence-electron chi connectivity index (χ0n) is 7.63. The highest BCUT2D eigenvalue weighted by Crippen LogP contribution is 2.20. The second-order valence-electron chi connectivity index (χ2n) is 2.41. The van der Waals surface area contributed by atoms with Crippen molar-refractivity contribution in [2.75, 3.05) is 20.1 Å². The van der Waals surface area contributed by atoms with Gasteiger partial charge >= 0.3 is 6.01 Å². The number of fused-ring (bicyclic) bond motifs is 1. The van der Waals surface area contributed by atoms with Crippen LogP contribution in [0.1, 0.15) is 0 Å². The van der Waals surface area contributed by atoms with Crippen LogP contribution in [0.4, 0.5) is 0 Å². The Kier molecular flexibility index (Phi) is 1.80. The Bertz CT molecular complexity index is 467. The van der Waals surface area contributed by atoms with Gasteiger partial charge in [0, 0.05) is 0 Å². The number of hydrogen-bond acceptors (Lipinski definition) is 7. The van der Waals surface area contributed by atoms with E-state index in [1.807, 2.05) is 0 Å². The predicted molar refractivity (Wildman–Crippen MR) is 46.4 cm³/mol. The van der Waals surface area contributed by atoms with Gasteiger partial charge in [0.2, 0.25) is 11.5 Å². The lowest BCUT2D eigenvalue weighted by atomic mass is 10.5. The number of hydrogen-bond donors (Lipinski definition) is 1. The largest absolute Gasteiger partial charge is 0.479 e. The quantitative estimate of drug-likeness (QED) is 0.611. The van der Waals surface area contributed by atoms with Crippen molar-refractivity contribution in [2.24, 2.45) is 0 Å². The van der Waals surface area contributed by atoms with Crippen molar-refractivity contribution < 1.29 is 9.47 Å². The van der Waals surface area contributed by atoms with E-state index in [4.69, 9.17) is 15.3 Å². The molecular weight excluding hydrogens is 188 g/mol. The molecule has 2 aromatic heterocycles. The molecule has 74 valence electrons. The molecule has 0 aromatic carbocycles. The average Bonchev–Trinajstić information content (AvgIpc) is 2.56. The third-order valence-electron chi connectivity index (χ3n) is 1.59. The second kappa shape index (κ2) is 2.98. The van der Waals surface area contributed by atoms with E-state index < -0.39 is 0 Å². The molecule has 2 aromatic rings. The smallest absolute Gasteiger partial charge is 0.321 e. The fourth-order valence-corrected chi connectivity index (χ4v) is 1.02. The van der Waals surface area contributed by atoms with Gasteiger partial charge in [-0.2, -0.15) is 9.97 Å². The summed E-state index contributed by atoms with van der Waals surface area (Å²) >= 11 is 0. The second-order valence-corrected chi connectivity index (χ2v) is 2.41. The summed E-state index contributed by atoms with van der Waals surface area (Å²) in [6.07, 6.45) is 0. The maximum absolute atomic E-state index is 5.34. The van der Waals surface area contributed by atoms with E-state index in [1.165, 1.54) is 14.2 Å². The first-order valence-corrected chi connectivity index (χ1v) is 3.72. The van der Waals surface area contributed by atoms with Gasteiger partial charge in [0.15, 0.2) is 5.52 Å². The molecule has 8 heteroatoms. The van der Waals surface area contributed by atoms with Crippen molar-refractivity contribution in [1.29, 1.82) is 0 Å². The molecule has 0 fully saturated rings. The third kappa shape index (κ3) is 1.16. The summed E-state index contributed by atoms with van der Waals surface area (Å²) in [5.74, 6) is 5.62. The normalized spacial score (nSPS) is 10.4. The van der Waals surface area contributed by atoms with Crippen LogP contribution in [0.15, 0.2) is 0 Å². The monoisotopic (exact) mass is 196 g/mol. The van der Waals surface area contributed by atoms with Crippen molar-refractivity contribution in [3.8, 4) is 11.9 Å². The molecule has 0 spiro atoms. The first-order valence-electron chi connectivity index (χ1n) is 3.72. The van der Waals surface area contributed by atoms with Crippen LogP contribution in [0.3, 0.4) is 0 Å². The van der Waals surface area contributed by atoms with Crippen molar-refractivity contribution in [3.63, 3.8) is 0 Å². The highest BCUT2D eigenvalue weighted by molar-refractivity contribution is 5.75. The van der Waals surface area contributed by atoms with Crippen LogP contribution in [0.5, 0.6) is 11.9 Å². The number of rotatable bonds is 2. The van der Waals surface area contributed by atoms with E-state index in [-0.39, 0.29) is 11.9 Å². The van der Waals surface area contributed by atoms with Gasteiger partial charge in [-0.05, 0) is 0 Å². The summed E-state index contributed by atoms with van der Waals surface area (Å²) < 4.78 is 9.83. The Morgan fingerprint density at radius 3 is 2.57 bits per heavy atom. The SMILES string of the molecule is COc1nc(OC)c2nn(N)nc2n1. The Balaban J connectivity index is 2.72. The maximum Gasteiger partial charge on any atom is 0.321 e. The average molecular weight is 196 g/mol. The summed E-state index contributed by atoms with van der Waals surface area (Å²) in [5, 5.41) is 7.64. The van der Waals surface area contributed by atoms with Gasteiger partial charge in [-0.1, -0.05) is 4.91 Å². The third-order valence-corrected chi connectivity index (χ3v) is 1.59. The minimum atomic E-state index is 0.162. The molecule has 14 heavy (non-hydrogen) atoms. The molecular formula is C6H8N6O2.